The highest BCUT2D eigenvalue weighted by Gasteiger charge is 2.31. The molecule has 1 amide bonds. The van der Waals surface area contributed by atoms with Gasteiger partial charge in [-0.2, -0.15) is 0 Å². The Labute approximate surface area is 104 Å². The molecule has 0 unspecified atom stereocenters. The first-order valence-corrected chi connectivity index (χ1v) is 6.74. The zero-order valence-corrected chi connectivity index (χ0v) is 10.7. The van der Waals surface area contributed by atoms with Crippen LogP contribution in [0, 0.1) is 0 Å². The minimum Gasteiger partial charge on any atom is -0.388 e. The predicted molar refractivity (Wildman–Crippen MR) is 65.0 cm³/mol. The third kappa shape index (κ3) is 2.81. The molecule has 0 aliphatic heterocycles. The highest BCUT2D eigenvalue weighted by Crippen LogP contribution is 2.28. The van der Waals surface area contributed by atoms with Crippen LogP contribution in [-0.2, 0) is 6.42 Å². The van der Waals surface area contributed by atoms with Crippen LogP contribution in [0.3, 0.4) is 0 Å². The molecule has 6 heteroatoms. The molecule has 0 aromatic carbocycles. The Hall–Kier alpha value is -1.01. The molecule has 0 atom stereocenters. The molecule has 1 aromatic heterocycles. The van der Waals surface area contributed by atoms with Gasteiger partial charge in [-0.15, -0.1) is 5.10 Å². The predicted octanol–water partition coefficient (Wildman–Crippen LogP) is 1.14. The number of nitrogens with one attached hydrogen (secondary N) is 1. The molecule has 1 aromatic rings. The van der Waals surface area contributed by atoms with E-state index in [9.17, 15) is 9.90 Å². The number of aryl methyl sites for hydroxylation is 1. The molecule has 1 saturated carbocycles. The Morgan fingerprint density at radius 2 is 2.24 bits per heavy atom. The topological polar surface area (TPSA) is 75.1 Å². The second-order valence-electron chi connectivity index (χ2n) is 4.52. The maximum Gasteiger partial charge on any atom is 0.265 e. The maximum absolute atomic E-state index is 11.9. The van der Waals surface area contributed by atoms with Gasteiger partial charge in [0.2, 0.25) is 0 Å². The molecule has 2 N–H and O–H groups in total. The van der Waals surface area contributed by atoms with Crippen LogP contribution in [0.1, 0.15) is 48.0 Å². The number of nitrogens with zero attached hydrogens (tertiary/aromatic N) is 2. The van der Waals surface area contributed by atoms with E-state index in [0.29, 0.717) is 17.8 Å². The van der Waals surface area contributed by atoms with E-state index in [1.165, 1.54) is 0 Å². The molecule has 0 radical (unpaired) electrons. The number of carbonyl (C=O) groups is 1. The zero-order valence-electron chi connectivity index (χ0n) is 9.90. The summed E-state index contributed by atoms with van der Waals surface area (Å²) in [4.78, 5) is 12.5. The van der Waals surface area contributed by atoms with E-state index in [-0.39, 0.29) is 5.91 Å². The van der Waals surface area contributed by atoms with E-state index in [1.807, 2.05) is 6.92 Å². The molecule has 1 fully saturated rings. The molecule has 1 aliphatic carbocycles. The van der Waals surface area contributed by atoms with Crippen molar-refractivity contribution < 1.29 is 9.90 Å². The van der Waals surface area contributed by atoms with Gasteiger partial charge >= 0.3 is 0 Å². The summed E-state index contributed by atoms with van der Waals surface area (Å²) < 4.78 is 3.78. The van der Waals surface area contributed by atoms with Crippen molar-refractivity contribution in [3.63, 3.8) is 0 Å². The van der Waals surface area contributed by atoms with Crippen molar-refractivity contribution in [3.8, 4) is 0 Å². The van der Waals surface area contributed by atoms with Gasteiger partial charge in [0.15, 0.2) is 0 Å². The number of hydrogen-bond acceptors (Lipinski definition) is 5. The van der Waals surface area contributed by atoms with Gasteiger partial charge < -0.3 is 10.4 Å². The third-order valence-corrected chi connectivity index (χ3v) is 3.98. The second kappa shape index (κ2) is 5.10. The quantitative estimate of drug-likeness (QED) is 0.846. The van der Waals surface area contributed by atoms with Gasteiger partial charge in [0.1, 0.15) is 4.88 Å². The first kappa shape index (κ1) is 12.4. The fourth-order valence-electron chi connectivity index (χ4n) is 2.15. The fourth-order valence-corrected chi connectivity index (χ4v) is 2.81. The van der Waals surface area contributed by atoms with Gasteiger partial charge in [-0.25, -0.2) is 0 Å². The molecule has 17 heavy (non-hydrogen) atoms. The first-order valence-electron chi connectivity index (χ1n) is 5.96. The van der Waals surface area contributed by atoms with Gasteiger partial charge in [-0.1, -0.05) is 24.3 Å². The molecule has 5 nitrogen and oxygen atoms in total. The van der Waals surface area contributed by atoms with Gasteiger partial charge in [0, 0.05) is 6.54 Å². The molecular weight excluding hydrogens is 238 g/mol. The number of aromatic nitrogens is 2. The molecule has 0 spiro atoms. The van der Waals surface area contributed by atoms with E-state index in [4.69, 9.17) is 0 Å². The highest BCUT2D eigenvalue weighted by atomic mass is 32.1. The van der Waals surface area contributed by atoms with Crippen molar-refractivity contribution in [2.24, 2.45) is 0 Å². The SMILES string of the molecule is CCc1nnsc1C(=O)NCC1(O)CCCC1. The Kier molecular flexibility index (Phi) is 3.73. The van der Waals surface area contributed by atoms with Crippen LogP contribution in [0.5, 0.6) is 0 Å². The van der Waals surface area contributed by atoms with Crippen molar-refractivity contribution in [1.82, 2.24) is 14.9 Å². The Morgan fingerprint density at radius 3 is 2.88 bits per heavy atom. The summed E-state index contributed by atoms with van der Waals surface area (Å²) in [5, 5.41) is 16.8. The van der Waals surface area contributed by atoms with Gasteiger partial charge in [-0.05, 0) is 30.8 Å². The van der Waals surface area contributed by atoms with Gasteiger partial charge in [0.25, 0.3) is 5.91 Å². The average molecular weight is 255 g/mol. The van der Waals surface area contributed by atoms with Crippen LogP contribution in [0.25, 0.3) is 0 Å². The summed E-state index contributed by atoms with van der Waals surface area (Å²) in [5.41, 5.74) is 0.0195. The van der Waals surface area contributed by atoms with Crippen LogP contribution in [-0.4, -0.2) is 32.7 Å². The molecule has 0 bridgehead atoms. The summed E-state index contributed by atoms with van der Waals surface area (Å²) in [6.07, 6.45) is 4.32. The molecular formula is C11H17N3O2S. The van der Waals surface area contributed by atoms with Crippen molar-refractivity contribution in [2.45, 2.75) is 44.6 Å². The monoisotopic (exact) mass is 255 g/mol. The summed E-state index contributed by atoms with van der Waals surface area (Å²) in [7, 11) is 0. The smallest absolute Gasteiger partial charge is 0.265 e. The lowest BCUT2D eigenvalue weighted by Gasteiger charge is -2.22. The largest absolute Gasteiger partial charge is 0.388 e. The number of aliphatic hydroxyl groups is 1. The molecule has 0 saturated heterocycles. The van der Waals surface area contributed by atoms with E-state index in [2.05, 4.69) is 14.9 Å². The Balaban J connectivity index is 1.93. The van der Waals surface area contributed by atoms with E-state index in [0.717, 1.165) is 42.9 Å². The molecule has 2 rings (SSSR count). The third-order valence-electron chi connectivity index (χ3n) is 3.21. The van der Waals surface area contributed by atoms with E-state index >= 15 is 0 Å². The number of rotatable bonds is 4. The van der Waals surface area contributed by atoms with Crippen molar-refractivity contribution >= 4 is 17.4 Å². The standard InChI is InChI=1S/C11H17N3O2S/c1-2-8-9(17-14-13-8)10(15)12-7-11(16)5-3-4-6-11/h16H,2-7H2,1H3,(H,12,15). The van der Waals surface area contributed by atoms with Crippen molar-refractivity contribution in [1.29, 1.82) is 0 Å². The molecule has 94 valence electrons. The lowest BCUT2D eigenvalue weighted by Crippen LogP contribution is -2.40. The minimum absolute atomic E-state index is 0.169. The van der Waals surface area contributed by atoms with E-state index < -0.39 is 5.60 Å². The Morgan fingerprint density at radius 1 is 1.53 bits per heavy atom. The summed E-state index contributed by atoms with van der Waals surface area (Å²) in [6.45, 7) is 2.27. The Bertz CT molecular complexity index is 399. The molecule has 1 heterocycles. The molecule has 1 aliphatic rings. The van der Waals surface area contributed by atoms with Crippen LogP contribution in [0.15, 0.2) is 0 Å². The van der Waals surface area contributed by atoms with Crippen LogP contribution >= 0.6 is 11.5 Å². The lowest BCUT2D eigenvalue weighted by molar-refractivity contribution is 0.0450. The van der Waals surface area contributed by atoms with Gasteiger partial charge in [-0.3, -0.25) is 4.79 Å². The second-order valence-corrected chi connectivity index (χ2v) is 5.27. The fraction of sp³-hybridized carbons (Fsp3) is 0.727. The number of amides is 1. The lowest BCUT2D eigenvalue weighted by atomic mass is 10.0. The summed E-state index contributed by atoms with van der Waals surface area (Å²) in [6, 6.07) is 0. The average Bonchev–Trinajstić information content (AvgIpc) is 2.95. The highest BCUT2D eigenvalue weighted by molar-refractivity contribution is 7.08. The number of carbonyl (C=O) groups excluding carboxylic acids is 1. The summed E-state index contributed by atoms with van der Waals surface area (Å²) >= 11 is 1.11. The van der Waals surface area contributed by atoms with Crippen LogP contribution in [0.2, 0.25) is 0 Å². The van der Waals surface area contributed by atoms with Crippen LogP contribution in [0.4, 0.5) is 0 Å². The maximum atomic E-state index is 11.9. The van der Waals surface area contributed by atoms with Crippen molar-refractivity contribution in [3.05, 3.63) is 10.6 Å². The van der Waals surface area contributed by atoms with Crippen LogP contribution < -0.4 is 5.32 Å². The summed E-state index contributed by atoms with van der Waals surface area (Å²) in [5.74, 6) is -0.169. The normalized spacial score (nSPS) is 18.2. The first-order chi connectivity index (χ1) is 8.14. The van der Waals surface area contributed by atoms with Gasteiger partial charge in [0.05, 0.1) is 11.3 Å². The zero-order chi connectivity index (χ0) is 12.3. The van der Waals surface area contributed by atoms with Crippen molar-refractivity contribution in [2.75, 3.05) is 6.54 Å². The number of hydrogen-bond donors (Lipinski definition) is 2. The minimum atomic E-state index is -0.708. The van der Waals surface area contributed by atoms with E-state index in [1.54, 1.807) is 0 Å².